The summed E-state index contributed by atoms with van der Waals surface area (Å²) < 4.78 is 0. The predicted molar refractivity (Wildman–Crippen MR) is 92.1 cm³/mol. The average Bonchev–Trinajstić information content (AvgIpc) is 2.56. The van der Waals surface area contributed by atoms with E-state index < -0.39 is 0 Å². The van der Waals surface area contributed by atoms with Gasteiger partial charge in [0, 0.05) is 32.2 Å². The molecule has 1 heterocycles. The van der Waals surface area contributed by atoms with Crippen LogP contribution in [0.2, 0.25) is 0 Å². The van der Waals surface area contributed by atoms with Gasteiger partial charge in [-0.05, 0) is 49.9 Å². The molecule has 1 atom stereocenters. The number of carbonyl (C=O) groups is 1. The molecule has 1 aromatic rings. The molecule has 0 saturated carbocycles. The van der Waals surface area contributed by atoms with Crippen LogP contribution in [0.5, 0.6) is 0 Å². The van der Waals surface area contributed by atoms with Crippen molar-refractivity contribution in [3.63, 3.8) is 0 Å². The number of piperidine rings is 1. The Kier molecular flexibility index (Phi) is 6.72. The zero-order valence-corrected chi connectivity index (χ0v) is 13.8. The monoisotopic (exact) mass is 303 g/mol. The molecule has 2 rings (SSSR count). The maximum Gasteiger partial charge on any atom is 0.220 e. The highest BCUT2D eigenvalue weighted by Gasteiger charge is 2.21. The van der Waals surface area contributed by atoms with Crippen molar-refractivity contribution in [2.24, 2.45) is 11.8 Å². The lowest BCUT2D eigenvalue weighted by molar-refractivity contribution is -0.122. The van der Waals surface area contributed by atoms with Crippen LogP contribution in [0.4, 0.5) is 5.69 Å². The smallest absolute Gasteiger partial charge is 0.220 e. The van der Waals surface area contributed by atoms with Gasteiger partial charge in [0.25, 0.3) is 0 Å². The number of nitrogens with one attached hydrogen (secondary N) is 2. The van der Waals surface area contributed by atoms with Crippen LogP contribution in [0, 0.1) is 11.8 Å². The van der Waals surface area contributed by atoms with Gasteiger partial charge in [-0.3, -0.25) is 4.79 Å². The molecule has 22 heavy (non-hydrogen) atoms. The number of para-hydroxylation sites is 1. The molecular formula is C18H29N3O. The quantitative estimate of drug-likeness (QED) is 0.812. The minimum absolute atomic E-state index is 0.187. The number of anilines is 1. The first kappa shape index (κ1) is 16.8. The van der Waals surface area contributed by atoms with Gasteiger partial charge in [-0.25, -0.2) is 0 Å². The van der Waals surface area contributed by atoms with E-state index >= 15 is 0 Å². The third-order valence-corrected chi connectivity index (χ3v) is 4.66. The fourth-order valence-corrected chi connectivity index (χ4v) is 3.12. The minimum Gasteiger partial charge on any atom is -0.373 e. The number of amides is 1. The second kappa shape index (κ2) is 8.79. The van der Waals surface area contributed by atoms with E-state index in [4.69, 9.17) is 0 Å². The van der Waals surface area contributed by atoms with E-state index in [0.717, 1.165) is 19.6 Å². The first-order chi connectivity index (χ1) is 10.7. The van der Waals surface area contributed by atoms with Gasteiger partial charge >= 0.3 is 0 Å². The van der Waals surface area contributed by atoms with Crippen molar-refractivity contribution in [2.75, 3.05) is 38.1 Å². The van der Waals surface area contributed by atoms with E-state index in [1.807, 2.05) is 18.2 Å². The van der Waals surface area contributed by atoms with Crippen molar-refractivity contribution in [1.29, 1.82) is 0 Å². The van der Waals surface area contributed by atoms with Gasteiger partial charge in [-0.1, -0.05) is 25.1 Å². The van der Waals surface area contributed by atoms with Crippen LogP contribution in [-0.4, -0.2) is 39.1 Å². The lowest BCUT2D eigenvalue weighted by Crippen LogP contribution is -2.36. The molecule has 2 N–H and O–H groups in total. The Morgan fingerprint density at radius 1 is 1.32 bits per heavy atom. The first-order valence-electron chi connectivity index (χ1n) is 8.40. The van der Waals surface area contributed by atoms with Crippen LogP contribution < -0.4 is 15.5 Å². The molecule has 1 amide bonds. The third-order valence-electron chi connectivity index (χ3n) is 4.66. The molecule has 0 radical (unpaired) electrons. The molecule has 1 aliphatic heterocycles. The highest BCUT2D eigenvalue weighted by Crippen LogP contribution is 2.24. The van der Waals surface area contributed by atoms with Crippen LogP contribution in [-0.2, 0) is 4.79 Å². The third kappa shape index (κ3) is 5.34. The molecule has 1 aliphatic rings. The van der Waals surface area contributed by atoms with Gasteiger partial charge in [0.1, 0.15) is 0 Å². The maximum atomic E-state index is 12.1. The van der Waals surface area contributed by atoms with Crippen LogP contribution in [0.1, 0.15) is 26.2 Å². The molecule has 122 valence electrons. The fourth-order valence-electron chi connectivity index (χ4n) is 3.12. The lowest BCUT2D eigenvalue weighted by atomic mass is 9.84. The second-order valence-corrected chi connectivity index (χ2v) is 6.38. The molecule has 1 fully saturated rings. The zero-order chi connectivity index (χ0) is 15.8. The summed E-state index contributed by atoms with van der Waals surface area (Å²) in [5, 5.41) is 6.44. The summed E-state index contributed by atoms with van der Waals surface area (Å²) >= 11 is 0. The van der Waals surface area contributed by atoms with Crippen molar-refractivity contribution in [3.8, 4) is 0 Å². The average molecular weight is 303 g/mol. The Balaban J connectivity index is 1.65. The van der Waals surface area contributed by atoms with E-state index in [1.165, 1.54) is 18.5 Å². The number of likely N-dealkylation sites (N-methyl/N-ethyl adjacent to an activating group) is 1. The Morgan fingerprint density at radius 2 is 2.00 bits per heavy atom. The summed E-state index contributed by atoms with van der Waals surface area (Å²) in [6.45, 7) is 5.93. The van der Waals surface area contributed by atoms with E-state index in [2.05, 4.69) is 41.6 Å². The molecule has 4 nitrogen and oxygen atoms in total. The number of hydrogen-bond donors (Lipinski definition) is 2. The number of carbonyl (C=O) groups excluding carboxylic acids is 1. The van der Waals surface area contributed by atoms with Crippen molar-refractivity contribution in [2.45, 2.75) is 26.2 Å². The molecule has 1 unspecified atom stereocenters. The first-order valence-corrected chi connectivity index (χ1v) is 8.40. The second-order valence-electron chi connectivity index (χ2n) is 6.38. The molecule has 0 bridgehead atoms. The summed E-state index contributed by atoms with van der Waals surface area (Å²) in [6, 6.07) is 10.2. The molecular weight excluding hydrogens is 274 g/mol. The largest absolute Gasteiger partial charge is 0.373 e. The topological polar surface area (TPSA) is 44.4 Å². The summed E-state index contributed by atoms with van der Waals surface area (Å²) in [5.74, 6) is 1.36. The molecule has 0 spiro atoms. The number of benzene rings is 1. The molecule has 0 aliphatic carbocycles. The summed E-state index contributed by atoms with van der Waals surface area (Å²) in [5.41, 5.74) is 1.18. The zero-order valence-electron chi connectivity index (χ0n) is 13.8. The van der Waals surface area contributed by atoms with Gasteiger partial charge in [-0.15, -0.1) is 0 Å². The van der Waals surface area contributed by atoms with Crippen molar-refractivity contribution in [1.82, 2.24) is 10.6 Å². The van der Waals surface area contributed by atoms with Crippen LogP contribution >= 0.6 is 0 Å². The van der Waals surface area contributed by atoms with Crippen molar-refractivity contribution in [3.05, 3.63) is 30.3 Å². The van der Waals surface area contributed by atoms with Gasteiger partial charge < -0.3 is 15.5 Å². The van der Waals surface area contributed by atoms with E-state index in [-0.39, 0.29) is 5.91 Å². The van der Waals surface area contributed by atoms with E-state index in [9.17, 15) is 4.79 Å². The standard InChI is InChI=1S/C18H29N3O/c1-15(16-8-10-19-11-9-16)14-18(22)20-12-13-21(2)17-6-4-3-5-7-17/h3-7,15-16,19H,8-14H2,1-2H3,(H,20,22). The SMILES string of the molecule is CC(CC(=O)NCCN(C)c1ccccc1)C1CCNCC1. The summed E-state index contributed by atoms with van der Waals surface area (Å²) in [4.78, 5) is 14.2. The Morgan fingerprint density at radius 3 is 2.68 bits per heavy atom. The molecule has 4 heteroatoms. The van der Waals surface area contributed by atoms with Crippen LogP contribution in [0.15, 0.2) is 30.3 Å². The highest BCUT2D eigenvalue weighted by atomic mass is 16.1. The molecule has 1 aromatic carbocycles. The Labute approximate surface area is 134 Å². The van der Waals surface area contributed by atoms with Gasteiger partial charge in [0.05, 0.1) is 0 Å². The number of hydrogen-bond acceptors (Lipinski definition) is 3. The summed E-state index contributed by atoms with van der Waals surface area (Å²) in [6.07, 6.45) is 3.05. The highest BCUT2D eigenvalue weighted by molar-refractivity contribution is 5.76. The van der Waals surface area contributed by atoms with Crippen molar-refractivity contribution >= 4 is 11.6 Å². The Hall–Kier alpha value is -1.55. The predicted octanol–water partition coefficient (Wildman–Crippen LogP) is 2.26. The van der Waals surface area contributed by atoms with E-state index in [0.29, 0.717) is 24.8 Å². The van der Waals surface area contributed by atoms with Gasteiger partial charge in [0.15, 0.2) is 0 Å². The summed E-state index contributed by atoms with van der Waals surface area (Å²) in [7, 11) is 2.05. The maximum absolute atomic E-state index is 12.1. The molecule has 0 aromatic heterocycles. The number of rotatable bonds is 7. The number of nitrogens with zero attached hydrogens (tertiary/aromatic N) is 1. The fraction of sp³-hybridized carbons (Fsp3) is 0.611. The lowest BCUT2D eigenvalue weighted by Gasteiger charge is -2.28. The van der Waals surface area contributed by atoms with Gasteiger partial charge in [-0.2, -0.15) is 0 Å². The van der Waals surface area contributed by atoms with Crippen molar-refractivity contribution < 1.29 is 4.79 Å². The van der Waals surface area contributed by atoms with Gasteiger partial charge in [0.2, 0.25) is 5.91 Å². The van der Waals surface area contributed by atoms with E-state index in [1.54, 1.807) is 0 Å². The minimum atomic E-state index is 0.187. The molecule has 1 saturated heterocycles. The normalized spacial score (nSPS) is 17.0. The van der Waals surface area contributed by atoms with Crippen LogP contribution in [0.25, 0.3) is 0 Å². The Bertz CT molecular complexity index is 443. The van der Waals surface area contributed by atoms with Crippen LogP contribution in [0.3, 0.4) is 0 Å².